The highest BCUT2D eigenvalue weighted by Gasteiger charge is 2.27. The lowest BCUT2D eigenvalue weighted by atomic mass is 9.93. The minimum absolute atomic E-state index is 0.179. The lowest BCUT2D eigenvalue weighted by Crippen LogP contribution is -2.45. The molecule has 0 aliphatic heterocycles. The number of aryl methyl sites for hydroxylation is 2. The van der Waals surface area contributed by atoms with Crippen LogP contribution in [-0.2, 0) is 6.42 Å². The van der Waals surface area contributed by atoms with Gasteiger partial charge in [0, 0.05) is 11.8 Å². The Labute approximate surface area is 115 Å². The average molecular weight is 263 g/mol. The molecule has 0 amide bonds. The van der Waals surface area contributed by atoms with Gasteiger partial charge >= 0.3 is 0 Å². The number of hydrogen-bond acceptors (Lipinski definition) is 4. The van der Waals surface area contributed by atoms with E-state index in [9.17, 15) is 0 Å². The number of nitrogens with zero attached hydrogens (tertiary/aromatic N) is 2. The molecule has 2 rings (SSSR count). The van der Waals surface area contributed by atoms with Crippen molar-refractivity contribution in [1.82, 2.24) is 9.97 Å². The van der Waals surface area contributed by atoms with Gasteiger partial charge in [0.05, 0.1) is 5.54 Å². The summed E-state index contributed by atoms with van der Waals surface area (Å²) in [6, 6.07) is 1.92. The topological polar surface area (TPSA) is 61.0 Å². The maximum atomic E-state index is 6.45. The fourth-order valence-electron chi connectivity index (χ4n) is 2.65. The van der Waals surface area contributed by atoms with Crippen molar-refractivity contribution in [3.8, 4) is 5.88 Å². The summed E-state index contributed by atoms with van der Waals surface area (Å²) in [4.78, 5) is 8.69. The average Bonchev–Trinajstić information content (AvgIpc) is 2.61. The molecule has 0 atom stereocenters. The Hall–Kier alpha value is -1.16. The van der Waals surface area contributed by atoms with Crippen molar-refractivity contribution < 1.29 is 4.74 Å². The summed E-state index contributed by atoms with van der Waals surface area (Å²) in [5, 5.41) is 0. The van der Waals surface area contributed by atoms with Crippen molar-refractivity contribution in [3.05, 3.63) is 17.6 Å². The normalized spacial score (nSPS) is 18.9. The van der Waals surface area contributed by atoms with Crippen LogP contribution in [0, 0.1) is 6.92 Å². The summed E-state index contributed by atoms with van der Waals surface area (Å²) in [5.41, 5.74) is 7.29. The van der Waals surface area contributed by atoms with Crippen LogP contribution in [-0.4, -0.2) is 22.1 Å². The Kier molecular flexibility index (Phi) is 4.75. The quantitative estimate of drug-likeness (QED) is 0.849. The van der Waals surface area contributed by atoms with E-state index < -0.39 is 0 Å². The van der Waals surface area contributed by atoms with Crippen LogP contribution in [0.2, 0.25) is 0 Å². The largest absolute Gasteiger partial charge is 0.476 e. The fraction of sp³-hybridized carbons (Fsp3) is 0.733. The van der Waals surface area contributed by atoms with E-state index in [0.29, 0.717) is 12.5 Å². The van der Waals surface area contributed by atoms with Gasteiger partial charge < -0.3 is 10.5 Å². The molecular weight excluding hydrogens is 238 g/mol. The van der Waals surface area contributed by atoms with Gasteiger partial charge in [-0.3, -0.25) is 0 Å². The fourth-order valence-corrected chi connectivity index (χ4v) is 2.65. The van der Waals surface area contributed by atoms with E-state index in [0.717, 1.165) is 30.8 Å². The second kappa shape index (κ2) is 6.33. The first kappa shape index (κ1) is 14.3. The molecule has 106 valence electrons. The van der Waals surface area contributed by atoms with Gasteiger partial charge in [0.15, 0.2) is 0 Å². The summed E-state index contributed by atoms with van der Waals surface area (Å²) in [6.07, 6.45) is 8.02. The van der Waals surface area contributed by atoms with Gasteiger partial charge in [0.2, 0.25) is 5.88 Å². The van der Waals surface area contributed by atoms with Gasteiger partial charge in [-0.1, -0.05) is 32.6 Å². The van der Waals surface area contributed by atoms with Crippen LogP contribution in [0.5, 0.6) is 5.88 Å². The highest BCUT2D eigenvalue weighted by Crippen LogP contribution is 2.25. The Balaban J connectivity index is 1.99. The van der Waals surface area contributed by atoms with Gasteiger partial charge in [-0.05, 0) is 26.2 Å². The van der Waals surface area contributed by atoms with E-state index in [-0.39, 0.29) is 5.54 Å². The van der Waals surface area contributed by atoms with Gasteiger partial charge in [-0.2, -0.15) is 4.98 Å². The van der Waals surface area contributed by atoms with E-state index in [1.54, 1.807) is 0 Å². The second-order valence-electron chi connectivity index (χ2n) is 5.66. The molecule has 4 nitrogen and oxygen atoms in total. The first-order valence-corrected chi connectivity index (χ1v) is 7.37. The van der Waals surface area contributed by atoms with Crippen LogP contribution in [0.3, 0.4) is 0 Å². The molecule has 0 saturated heterocycles. The van der Waals surface area contributed by atoms with Gasteiger partial charge in [0.1, 0.15) is 12.4 Å². The van der Waals surface area contributed by atoms with Gasteiger partial charge in [-0.15, -0.1) is 0 Å². The molecule has 1 aliphatic rings. The molecule has 2 N–H and O–H groups in total. The smallest absolute Gasteiger partial charge is 0.216 e. The summed E-state index contributed by atoms with van der Waals surface area (Å²) in [5.74, 6) is 1.43. The molecular formula is C15H25N3O. The predicted molar refractivity (Wildman–Crippen MR) is 76.3 cm³/mol. The number of hydrogen-bond donors (Lipinski definition) is 1. The van der Waals surface area contributed by atoms with Crippen molar-refractivity contribution in [2.24, 2.45) is 5.73 Å². The third-order valence-electron chi connectivity index (χ3n) is 3.84. The molecule has 19 heavy (non-hydrogen) atoms. The third-order valence-corrected chi connectivity index (χ3v) is 3.84. The van der Waals surface area contributed by atoms with Crippen LogP contribution in [0.1, 0.15) is 57.0 Å². The molecule has 0 unspecified atom stereocenters. The molecule has 0 aromatic carbocycles. The zero-order valence-electron chi connectivity index (χ0n) is 12.1. The second-order valence-corrected chi connectivity index (χ2v) is 5.66. The van der Waals surface area contributed by atoms with Gasteiger partial charge in [0.25, 0.3) is 0 Å². The van der Waals surface area contributed by atoms with E-state index in [1.807, 2.05) is 13.0 Å². The minimum Gasteiger partial charge on any atom is -0.476 e. The Morgan fingerprint density at radius 3 is 2.53 bits per heavy atom. The number of nitrogens with two attached hydrogens (primary N) is 1. The maximum absolute atomic E-state index is 6.45. The SMILES string of the molecule is CCc1cc(OCC2(N)CCCCCC2)nc(C)n1. The summed E-state index contributed by atoms with van der Waals surface area (Å²) >= 11 is 0. The molecule has 1 saturated carbocycles. The van der Waals surface area contributed by atoms with E-state index in [4.69, 9.17) is 10.5 Å². The molecule has 4 heteroatoms. The van der Waals surface area contributed by atoms with Gasteiger partial charge in [-0.25, -0.2) is 4.98 Å². The van der Waals surface area contributed by atoms with Crippen molar-refractivity contribution in [3.63, 3.8) is 0 Å². The molecule has 0 spiro atoms. The van der Waals surface area contributed by atoms with E-state index in [1.165, 1.54) is 25.7 Å². The van der Waals surface area contributed by atoms with Crippen LogP contribution >= 0.6 is 0 Å². The standard InChI is InChI=1S/C15H25N3O/c1-3-13-10-14(18-12(2)17-13)19-11-15(16)8-6-4-5-7-9-15/h10H,3-9,11,16H2,1-2H3. The molecule has 1 aliphatic carbocycles. The van der Waals surface area contributed by atoms with Crippen LogP contribution in [0.4, 0.5) is 0 Å². The van der Waals surface area contributed by atoms with E-state index >= 15 is 0 Å². The van der Waals surface area contributed by atoms with Crippen LogP contribution in [0.25, 0.3) is 0 Å². The first-order chi connectivity index (χ1) is 9.11. The first-order valence-electron chi connectivity index (χ1n) is 7.37. The molecule has 1 aromatic rings. The number of aromatic nitrogens is 2. The van der Waals surface area contributed by atoms with Crippen molar-refractivity contribution in [2.45, 2.75) is 64.3 Å². The zero-order chi connectivity index (χ0) is 13.7. The monoisotopic (exact) mass is 263 g/mol. The molecule has 1 fully saturated rings. The maximum Gasteiger partial charge on any atom is 0.216 e. The zero-order valence-corrected chi connectivity index (χ0v) is 12.1. The predicted octanol–water partition coefficient (Wildman–Crippen LogP) is 2.78. The number of rotatable bonds is 4. The van der Waals surface area contributed by atoms with Crippen molar-refractivity contribution in [1.29, 1.82) is 0 Å². The van der Waals surface area contributed by atoms with Crippen LogP contribution in [0.15, 0.2) is 6.07 Å². The third kappa shape index (κ3) is 4.16. The molecule has 0 radical (unpaired) electrons. The highest BCUT2D eigenvalue weighted by atomic mass is 16.5. The Bertz CT molecular complexity index is 412. The molecule has 1 heterocycles. The lowest BCUT2D eigenvalue weighted by molar-refractivity contribution is 0.193. The minimum atomic E-state index is -0.179. The number of ether oxygens (including phenoxy) is 1. The highest BCUT2D eigenvalue weighted by molar-refractivity contribution is 5.16. The molecule has 1 aromatic heterocycles. The van der Waals surface area contributed by atoms with Crippen molar-refractivity contribution in [2.75, 3.05) is 6.61 Å². The van der Waals surface area contributed by atoms with Crippen molar-refractivity contribution >= 4 is 0 Å². The van der Waals surface area contributed by atoms with E-state index in [2.05, 4.69) is 16.9 Å². The molecule has 0 bridgehead atoms. The Morgan fingerprint density at radius 1 is 1.21 bits per heavy atom. The summed E-state index contributed by atoms with van der Waals surface area (Å²) < 4.78 is 5.85. The summed E-state index contributed by atoms with van der Waals surface area (Å²) in [7, 11) is 0. The lowest BCUT2D eigenvalue weighted by Gasteiger charge is -2.27. The summed E-state index contributed by atoms with van der Waals surface area (Å²) in [6.45, 7) is 4.55. The van der Waals surface area contributed by atoms with Crippen LogP contribution < -0.4 is 10.5 Å². The Morgan fingerprint density at radius 2 is 1.89 bits per heavy atom.